The number of hydrogen-bond acceptors (Lipinski definition) is 10. The standard InChI is InChI=1S/C21H23N5O6S/c1-11-15(20(31)26(25(11)2)13-6-4-3-5-7-13)24-19(12(8-22)9-23)33-21-18(30)17(29)16(28)14(10-27)32-21/h3-7,14,16-18,21,24,27-30H,10H2,1-2H3/t14-,16+,17+,18-,21+/m1/s1. The van der Waals surface area contributed by atoms with Gasteiger partial charge in [-0.1, -0.05) is 30.0 Å². The highest BCUT2D eigenvalue weighted by Crippen LogP contribution is 2.34. The van der Waals surface area contributed by atoms with Gasteiger partial charge in [0.1, 0.15) is 52.7 Å². The number of nitriles is 2. The number of anilines is 1. The first-order valence-electron chi connectivity index (χ1n) is 9.87. The summed E-state index contributed by atoms with van der Waals surface area (Å²) in [5.74, 6) is 0. The van der Waals surface area contributed by atoms with E-state index in [2.05, 4.69) is 5.32 Å². The van der Waals surface area contributed by atoms with Crippen molar-refractivity contribution in [1.82, 2.24) is 9.36 Å². The molecule has 11 nitrogen and oxygen atoms in total. The van der Waals surface area contributed by atoms with Crippen LogP contribution in [-0.2, 0) is 11.8 Å². The van der Waals surface area contributed by atoms with E-state index in [0.29, 0.717) is 23.1 Å². The summed E-state index contributed by atoms with van der Waals surface area (Å²) in [6.07, 6.45) is -5.94. The summed E-state index contributed by atoms with van der Waals surface area (Å²) < 4.78 is 8.48. The van der Waals surface area contributed by atoms with Crippen LogP contribution in [-0.4, -0.2) is 66.2 Å². The molecule has 1 saturated heterocycles. The molecule has 2 heterocycles. The highest BCUT2D eigenvalue weighted by molar-refractivity contribution is 8.03. The van der Waals surface area contributed by atoms with E-state index >= 15 is 0 Å². The second kappa shape index (κ2) is 10.2. The van der Waals surface area contributed by atoms with Gasteiger partial charge in [-0.2, -0.15) is 10.5 Å². The lowest BCUT2D eigenvalue weighted by atomic mass is 10.0. The van der Waals surface area contributed by atoms with Crippen LogP contribution in [0.25, 0.3) is 5.69 Å². The van der Waals surface area contributed by atoms with Crippen LogP contribution in [0.3, 0.4) is 0 Å². The Balaban J connectivity index is 2.00. The Labute approximate surface area is 193 Å². The van der Waals surface area contributed by atoms with Crippen LogP contribution in [0, 0.1) is 29.6 Å². The molecule has 5 atom stereocenters. The van der Waals surface area contributed by atoms with Crippen LogP contribution in [0.1, 0.15) is 5.69 Å². The van der Waals surface area contributed by atoms with Crippen LogP contribution in [0.5, 0.6) is 0 Å². The lowest BCUT2D eigenvalue weighted by Crippen LogP contribution is -2.57. The summed E-state index contributed by atoms with van der Waals surface area (Å²) in [5.41, 5.74) is -0.870. The summed E-state index contributed by atoms with van der Waals surface area (Å²) in [7, 11) is 1.68. The second-order valence-electron chi connectivity index (χ2n) is 7.30. The van der Waals surface area contributed by atoms with Crippen molar-refractivity contribution in [1.29, 1.82) is 10.5 Å². The Morgan fingerprint density at radius 2 is 1.79 bits per heavy atom. The van der Waals surface area contributed by atoms with Gasteiger partial charge in [0.25, 0.3) is 5.56 Å². The molecule has 0 bridgehead atoms. The maximum Gasteiger partial charge on any atom is 0.295 e. The van der Waals surface area contributed by atoms with E-state index in [4.69, 9.17) is 4.74 Å². The third-order valence-corrected chi connectivity index (χ3v) is 6.49. The van der Waals surface area contributed by atoms with Crippen molar-refractivity contribution >= 4 is 17.4 Å². The molecule has 1 aliphatic rings. The number of para-hydroxylation sites is 1. The van der Waals surface area contributed by atoms with Crippen molar-refractivity contribution in [2.45, 2.75) is 36.8 Å². The predicted octanol–water partition coefficient (Wildman–Crippen LogP) is -0.312. The molecule has 33 heavy (non-hydrogen) atoms. The molecule has 2 aromatic rings. The SMILES string of the molecule is Cc1c(NC(S[C@@H]2O[C@H](CO)[C@H](O)[C@H](O)[C@H]2O)=C(C#N)C#N)c(=O)n(-c2ccccc2)n1C. The van der Waals surface area contributed by atoms with Gasteiger partial charge < -0.3 is 30.5 Å². The monoisotopic (exact) mass is 473 g/mol. The molecule has 3 rings (SSSR count). The number of rotatable bonds is 6. The van der Waals surface area contributed by atoms with Gasteiger partial charge in [0, 0.05) is 7.05 Å². The van der Waals surface area contributed by atoms with E-state index in [1.165, 1.54) is 4.68 Å². The molecular formula is C21H23N5O6S. The average Bonchev–Trinajstić information content (AvgIpc) is 3.03. The van der Waals surface area contributed by atoms with Crippen LogP contribution in [0.15, 0.2) is 45.7 Å². The molecule has 1 fully saturated rings. The van der Waals surface area contributed by atoms with Gasteiger partial charge in [-0.25, -0.2) is 4.68 Å². The lowest BCUT2D eigenvalue weighted by Gasteiger charge is -2.39. The fourth-order valence-electron chi connectivity index (χ4n) is 3.38. The predicted molar refractivity (Wildman–Crippen MR) is 119 cm³/mol. The molecule has 0 aliphatic carbocycles. The number of aromatic nitrogens is 2. The van der Waals surface area contributed by atoms with Crippen molar-refractivity contribution in [3.63, 3.8) is 0 Å². The zero-order valence-corrected chi connectivity index (χ0v) is 18.6. The fraction of sp³-hybridized carbons (Fsp3) is 0.381. The first-order valence-corrected chi connectivity index (χ1v) is 10.8. The van der Waals surface area contributed by atoms with Crippen molar-refractivity contribution in [2.75, 3.05) is 11.9 Å². The molecule has 1 aromatic carbocycles. The van der Waals surface area contributed by atoms with Crippen LogP contribution in [0.4, 0.5) is 5.69 Å². The molecule has 0 spiro atoms. The van der Waals surface area contributed by atoms with Gasteiger partial charge in [-0.05, 0) is 19.1 Å². The Morgan fingerprint density at radius 1 is 1.15 bits per heavy atom. The minimum absolute atomic E-state index is 0.0876. The van der Waals surface area contributed by atoms with Crippen LogP contribution < -0.4 is 10.9 Å². The minimum Gasteiger partial charge on any atom is -0.394 e. The molecular weight excluding hydrogens is 450 g/mol. The second-order valence-corrected chi connectivity index (χ2v) is 8.41. The number of hydrogen-bond donors (Lipinski definition) is 5. The zero-order valence-electron chi connectivity index (χ0n) is 17.8. The van der Waals surface area contributed by atoms with Gasteiger partial charge in [-0.3, -0.25) is 9.48 Å². The van der Waals surface area contributed by atoms with E-state index in [9.17, 15) is 35.7 Å². The quantitative estimate of drug-likeness (QED) is 0.350. The minimum atomic E-state index is -1.63. The Hall–Kier alpha value is -3.10. The third kappa shape index (κ3) is 4.67. The Kier molecular flexibility index (Phi) is 7.61. The van der Waals surface area contributed by atoms with Gasteiger partial charge in [-0.15, -0.1) is 0 Å². The summed E-state index contributed by atoms with van der Waals surface area (Å²) >= 11 is 0.691. The molecule has 0 saturated carbocycles. The van der Waals surface area contributed by atoms with Gasteiger partial charge in [0.05, 0.1) is 18.0 Å². The highest BCUT2D eigenvalue weighted by Gasteiger charge is 2.44. The summed E-state index contributed by atoms with van der Waals surface area (Å²) in [6.45, 7) is 1.05. The first-order chi connectivity index (χ1) is 15.7. The highest BCUT2D eigenvalue weighted by atomic mass is 32.2. The number of nitrogens with zero attached hydrogens (tertiary/aromatic N) is 4. The maximum atomic E-state index is 13.2. The van der Waals surface area contributed by atoms with Crippen molar-refractivity contribution in [3.05, 3.63) is 57.0 Å². The first kappa shape index (κ1) is 24.5. The number of allylic oxidation sites excluding steroid dienone is 1. The van der Waals surface area contributed by atoms with Crippen LogP contribution >= 0.6 is 11.8 Å². The maximum absolute atomic E-state index is 13.2. The summed E-state index contributed by atoms with van der Waals surface area (Å²) in [4.78, 5) is 13.2. The Bertz CT molecular complexity index is 1160. The number of benzene rings is 1. The smallest absolute Gasteiger partial charge is 0.295 e. The molecule has 1 aromatic heterocycles. The van der Waals surface area contributed by atoms with E-state index in [1.807, 2.05) is 6.07 Å². The number of aliphatic hydroxyl groups is 4. The molecule has 0 amide bonds. The number of nitrogens with one attached hydrogen (secondary N) is 1. The topological polar surface area (TPSA) is 177 Å². The molecule has 174 valence electrons. The zero-order chi connectivity index (χ0) is 24.3. The van der Waals surface area contributed by atoms with E-state index in [0.717, 1.165) is 0 Å². The lowest BCUT2D eigenvalue weighted by molar-refractivity contribution is -0.205. The van der Waals surface area contributed by atoms with Gasteiger partial charge >= 0.3 is 0 Å². The van der Waals surface area contributed by atoms with Crippen molar-refractivity contribution in [2.24, 2.45) is 7.05 Å². The van der Waals surface area contributed by atoms with E-state index in [-0.39, 0.29) is 16.3 Å². The van der Waals surface area contributed by atoms with Crippen molar-refractivity contribution in [3.8, 4) is 17.8 Å². The third-order valence-electron chi connectivity index (χ3n) is 5.33. The molecule has 1 aliphatic heterocycles. The molecule has 12 heteroatoms. The van der Waals surface area contributed by atoms with Gasteiger partial charge in [0.2, 0.25) is 0 Å². The largest absolute Gasteiger partial charge is 0.394 e. The normalized spacial score (nSPS) is 24.5. The molecule has 5 N–H and O–H groups in total. The summed E-state index contributed by atoms with van der Waals surface area (Å²) in [5, 5.41) is 61.4. The Morgan fingerprint density at radius 3 is 2.36 bits per heavy atom. The number of aliphatic hydroxyl groups excluding tert-OH is 4. The van der Waals surface area contributed by atoms with Crippen molar-refractivity contribution < 1.29 is 25.2 Å². The number of ether oxygens (including phenoxy) is 1. The van der Waals surface area contributed by atoms with E-state index in [1.54, 1.807) is 55.1 Å². The fourth-order valence-corrected chi connectivity index (χ4v) is 4.49. The average molecular weight is 474 g/mol. The molecule has 0 unspecified atom stereocenters. The van der Waals surface area contributed by atoms with E-state index < -0.39 is 42.0 Å². The van der Waals surface area contributed by atoms with Crippen LogP contribution in [0.2, 0.25) is 0 Å². The van der Waals surface area contributed by atoms with Gasteiger partial charge in [0.15, 0.2) is 5.57 Å². The molecule has 0 radical (unpaired) electrons. The number of thioether (sulfide) groups is 1. The summed E-state index contributed by atoms with van der Waals surface area (Å²) in [6, 6.07) is 12.3.